The number of rotatable bonds is 24. The van der Waals surface area contributed by atoms with Crippen molar-refractivity contribution in [3.8, 4) is 44.8 Å². The topological polar surface area (TPSA) is 229 Å². The van der Waals surface area contributed by atoms with Crippen LogP contribution >= 0.6 is 0 Å². The summed E-state index contributed by atoms with van der Waals surface area (Å²) < 4.78 is 117. The van der Waals surface area contributed by atoms with E-state index in [1.54, 1.807) is 69.8 Å². The monoisotopic (exact) mass is 1160 g/mol. The third kappa shape index (κ3) is 17.4. The van der Waals surface area contributed by atoms with E-state index in [-0.39, 0.29) is 121 Å². The summed E-state index contributed by atoms with van der Waals surface area (Å²) in [5.41, 5.74) is 2.64. The molecule has 14 nitrogen and oxygen atoms in total. The van der Waals surface area contributed by atoms with Crippen LogP contribution in [0.5, 0.6) is 0 Å². The van der Waals surface area contributed by atoms with E-state index in [1.807, 2.05) is 27.7 Å². The van der Waals surface area contributed by atoms with E-state index in [1.165, 1.54) is 48.5 Å². The zero-order valence-electron chi connectivity index (χ0n) is 56.1. The molecule has 2 aromatic heterocycles. The minimum absolute atomic E-state index is 0. The van der Waals surface area contributed by atoms with Crippen LogP contribution in [0.15, 0.2) is 170 Å². The van der Waals surface area contributed by atoms with Gasteiger partial charge in [-0.3, -0.25) is 9.59 Å². The number of nitrogens with zero attached hydrogens (tertiary/aromatic N) is 2. The van der Waals surface area contributed by atoms with E-state index in [0.29, 0.717) is 33.9 Å². The molecule has 428 valence electrons. The van der Waals surface area contributed by atoms with E-state index in [0.717, 1.165) is 0 Å². The van der Waals surface area contributed by atoms with Gasteiger partial charge in [0.15, 0.2) is 0 Å². The first kappa shape index (κ1) is 51.4. The Morgan fingerprint density at radius 2 is 0.819 bits per heavy atom. The van der Waals surface area contributed by atoms with Gasteiger partial charge in [-0.15, -0.1) is 0 Å². The van der Waals surface area contributed by atoms with Gasteiger partial charge in [-0.2, -0.15) is 0 Å². The van der Waals surface area contributed by atoms with Crippen LogP contribution < -0.4 is 20.8 Å². The van der Waals surface area contributed by atoms with Crippen molar-refractivity contribution in [1.29, 1.82) is 0 Å². The van der Waals surface area contributed by atoms with Crippen molar-refractivity contribution in [3.05, 3.63) is 204 Å². The second-order valence-corrected chi connectivity index (χ2v) is 20.1. The molecule has 0 saturated heterocycles. The SMILES string of the molecule is [2H]c1c([2H])c([2H])c(-c2c(C(=O)Nc3ccccc3)c(C(C)C)n(CCC(O)CC(O)CC(=O)[O-])c2-c2ccc(F)cc2)c([2H])c1[2H].[2H]c1c([2H])c([2H])c(-c2c(C(=O)Nc3ccccc3)c(C(C)C)n(CCC(O)CC(O)CC(=O)[O-])c2-c2ccc(F)cc2)c([2H])c1[2H].[Ca+2]. The van der Waals surface area contributed by atoms with Crippen molar-refractivity contribution in [2.24, 2.45) is 0 Å². The summed E-state index contributed by atoms with van der Waals surface area (Å²) in [4.78, 5) is 50.3. The van der Waals surface area contributed by atoms with E-state index < -0.39 is 145 Å². The Bertz CT molecular complexity index is 3700. The number of hydrogen-bond acceptors (Lipinski definition) is 10. The fraction of sp³-hybridized carbons (Fsp3) is 0.273. The zero-order chi connectivity index (χ0) is 67.7. The second-order valence-electron chi connectivity index (χ2n) is 20.1. The standard InChI is InChI=1S/2C33H35FN2O5.Ca/c2*1-21(2)31-30(33(41)35-25-11-7-4-8-12-25)29(22-9-5-3-6-10-22)32(23-13-15-24(34)16-14-23)36(31)18-17-26(37)19-27(38)20-28(39)40;/h2*3-16,21,26-27,37-38H,17-20H2,1-2H3,(H,35,41)(H,39,40);/q;;+2/p-2/i2*3D,5D,6D,9D,10D;. The molecule has 2 heterocycles. The second kappa shape index (κ2) is 30.9. The third-order valence-electron chi connectivity index (χ3n) is 13.2. The molecule has 2 amide bonds. The summed E-state index contributed by atoms with van der Waals surface area (Å²) >= 11 is 0. The summed E-state index contributed by atoms with van der Waals surface area (Å²) in [6.45, 7) is 7.25. The first-order valence-electron chi connectivity index (χ1n) is 31.5. The Kier molecular flexibility index (Phi) is 19.1. The van der Waals surface area contributed by atoms with Crippen LogP contribution in [0.4, 0.5) is 20.2 Å². The van der Waals surface area contributed by atoms with Crippen molar-refractivity contribution >= 4 is 72.9 Å². The Morgan fingerprint density at radius 3 is 1.12 bits per heavy atom. The molecular formula is C66H68CaF2N4O10. The van der Waals surface area contributed by atoms with Crippen LogP contribution in [0.3, 0.4) is 0 Å². The van der Waals surface area contributed by atoms with Crippen molar-refractivity contribution in [2.45, 2.75) is 116 Å². The Labute approximate surface area is 526 Å². The molecule has 0 aliphatic carbocycles. The minimum atomic E-state index is -1.47. The van der Waals surface area contributed by atoms with Crippen LogP contribution in [0.1, 0.15) is 124 Å². The van der Waals surface area contributed by atoms with E-state index >= 15 is 0 Å². The number of aromatic nitrogens is 2. The van der Waals surface area contributed by atoms with Gasteiger partial charge >= 0.3 is 37.7 Å². The molecule has 4 atom stereocenters. The maximum Gasteiger partial charge on any atom is 2.00 e. The first-order chi connectivity index (χ1) is 43.4. The number of carbonyl (C=O) groups excluding carboxylic acids is 4. The Balaban J connectivity index is 0.000000292. The number of carbonyl (C=O) groups is 4. The molecule has 83 heavy (non-hydrogen) atoms. The van der Waals surface area contributed by atoms with Crippen molar-refractivity contribution in [2.75, 3.05) is 10.6 Å². The van der Waals surface area contributed by atoms with Crippen molar-refractivity contribution in [1.82, 2.24) is 9.13 Å². The molecule has 17 heteroatoms. The van der Waals surface area contributed by atoms with Crippen LogP contribution in [0.25, 0.3) is 44.8 Å². The van der Waals surface area contributed by atoms with Gasteiger partial charge in [0, 0.05) is 71.8 Å². The number of para-hydroxylation sites is 2. The van der Waals surface area contributed by atoms with Crippen LogP contribution in [-0.2, 0) is 22.7 Å². The number of carboxylic acid groups (broad SMARTS) is 2. The Hall–Kier alpha value is -7.28. The van der Waals surface area contributed by atoms with Gasteiger partial charge < -0.3 is 60.0 Å². The summed E-state index contributed by atoms with van der Waals surface area (Å²) in [6, 6.07) is 21.9. The molecule has 0 aliphatic rings. The van der Waals surface area contributed by atoms with E-state index in [2.05, 4.69) is 10.6 Å². The predicted octanol–water partition coefficient (Wildman–Crippen LogP) is 9.58. The Morgan fingerprint density at radius 1 is 0.494 bits per heavy atom. The van der Waals surface area contributed by atoms with Gasteiger partial charge in [0.2, 0.25) is 0 Å². The number of aliphatic carboxylic acids is 2. The molecule has 6 N–H and O–H groups in total. The number of nitrogens with one attached hydrogen (secondary N) is 2. The van der Waals surface area contributed by atoms with Crippen molar-refractivity contribution in [3.63, 3.8) is 0 Å². The number of hydrogen-bond donors (Lipinski definition) is 6. The van der Waals surface area contributed by atoms with Gasteiger partial charge in [-0.05, 0) is 133 Å². The molecule has 8 rings (SSSR count). The molecule has 0 radical (unpaired) electrons. The number of benzene rings is 6. The largest absolute Gasteiger partial charge is 2.00 e. The first-order valence-corrected chi connectivity index (χ1v) is 26.5. The van der Waals surface area contributed by atoms with E-state index in [4.69, 9.17) is 13.7 Å². The normalized spacial score (nSPS) is 14.3. The quantitative estimate of drug-likeness (QED) is 0.0314. The molecule has 8 aromatic rings. The molecular weight excluding hydrogens is 1090 g/mol. The average molecular weight is 1170 g/mol. The molecule has 4 unspecified atom stereocenters. The number of aliphatic hydroxyl groups excluding tert-OH is 4. The molecule has 0 spiro atoms. The number of amides is 2. The van der Waals surface area contributed by atoms with Crippen molar-refractivity contribution < 1.29 is 72.3 Å². The number of anilines is 2. The van der Waals surface area contributed by atoms with Crippen LogP contribution in [0, 0.1) is 11.6 Å². The summed E-state index contributed by atoms with van der Waals surface area (Å²) in [6.07, 6.45) is -6.99. The fourth-order valence-electron chi connectivity index (χ4n) is 9.85. The van der Waals surface area contributed by atoms with Gasteiger partial charge in [-0.25, -0.2) is 8.78 Å². The average Bonchev–Trinajstić information content (AvgIpc) is 1.60. The molecule has 0 bridgehead atoms. The molecule has 0 saturated carbocycles. The van der Waals surface area contributed by atoms with Crippen LogP contribution in [0.2, 0.25) is 0 Å². The zero-order valence-corrected chi connectivity index (χ0v) is 48.3. The minimum Gasteiger partial charge on any atom is -0.550 e. The molecule has 6 aromatic carbocycles. The van der Waals surface area contributed by atoms with Gasteiger partial charge in [0.25, 0.3) is 11.8 Å². The van der Waals surface area contributed by atoms with Crippen LogP contribution in [-0.4, -0.2) is 115 Å². The van der Waals surface area contributed by atoms with Gasteiger partial charge in [0.1, 0.15) is 11.6 Å². The summed E-state index contributed by atoms with van der Waals surface area (Å²) in [7, 11) is 0. The number of halogens is 2. The fourth-order valence-corrected chi connectivity index (χ4v) is 9.85. The smallest absolute Gasteiger partial charge is 0.550 e. The predicted molar refractivity (Wildman–Crippen MR) is 315 cm³/mol. The maximum absolute atomic E-state index is 14.2. The molecule has 0 aliphatic heterocycles. The number of carboxylic acids is 2. The summed E-state index contributed by atoms with van der Waals surface area (Å²) in [5, 5.41) is 69.2. The molecule has 0 fully saturated rings. The van der Waals surface area contributed by atoms with Gasteiger partial charge in [0.05, 0.1) is 60.6 Å². The van der Waals surface area contributed by atoms with Gasteiger partial charge in [-0.1, -0.05) is 125 Å². The maximum atomic E-state index is 14.2. The number of aliphatic hydroxyl groups is 4. The van der Waals surface area contributed by atoms with E-state index in [9.17, 15) is 58.6 Å². The summed E-state index contributed by atoms with van der Waals surface area (Å²) in [5.74, 6) is -6.06. The third-order valence-corrected chi connectivity index (χ3v) is 13.2.